The van der Waals surface area contributed by atoms with E-state index in [0.29, 0.717) is 0 Å². The average molecular weight is 321 g/mol. The van der Waals surface area contributed by atoms with Gasteiger partial charge >= 0.3 is 0 Å². The van der Waals surface area contributed by atoms with Gasteiger partial charge in [-0.15, -0.1) is 0 Å². The Balaban J connectivity index is 2.98. The number of hydrogen-bond donors (Lipinski definition) is 2. The molecule has 100 valence electrons. The van der Waals surface area contributed by atoms with Crippen LogP contribution >= 0.6 is 15.9 Å². The summed E-state index contributed by atoms with van der Waals surface area (Å²) < 4.78 is 27.4. The first kappa shape index (κ1) is 15.0. The molecule has 1 atom stereocenters. The fourth-order valence-electron chi connectivity index (χ4n) is 1.50. The van der Waals surface area contributed by atoms with Gasteiger partial charge in [-0.05, 0) is 18.1 Å². The summed E-state index contributed by atoms with van der Waals surface area (Å²) >= 11 is 2.95. The molecule has 1 unspecified atom stereocenters. The first-order valence-electron chi connectivity index (χ1n) is 5.52. The third-order valence-corrected chi connectivity index (χ3v) is 3.07. The first-order valence-corrected chi connectivity index (χ1v) is 6.31. The van der Waals surface area contributed by atoms with E-state index in [1.165, 1.54) is 0 Å². The highest BCUT2D eigenvalue weighted by Crippen LogP contribution is 2.19. The van der Waals surface area contributed by atoms with Gasteiger partial charge in [0.25, 0.3) is 5.91 Å². The second kappa shape index (κ2) is 6.24. The highest BCUT2D eigenvalue weighted by atomic mass is 79.9. The van der Waals surface area contributed by atoms with Crippen molar-refractivity contribution >= 4 is 21.8 Å². The van der Waals surface area contributed by atoms with Crippen molar-refractivity contribution in [2.45, 2.75) is 19.9 Å². The minimum atomic E-state index is -0.904. The van der Waals surface area contributed by atoms with Crippen molar-refractivity contribution in [2.75, 3.05) is 6.54 Å². The molecule has 6 heteroatoms. The van der Waals surface area contributed by atoms with Gasteiger partial charge in [0.2, 0.25) is 0 Å². The molecule has 1 aromatic carbocycles. The van der Waals surface area contributed by atoms with Gasteiger partial charge in [0.15, 0.2) is 0 Å². The van der Waals surface area contributed by atoms with Crippen LogP contribution in [0.25, 0.3) is 0 Å². The predicted octanol–water partition coefficient (Wildman–Crippen LogP) is 2.44. The van der Waals surface area contributed by atoms with Gasteiger partial charge in [-0.25, -0.2) is 8.78 Å². The van der Waals surface area contributed by atoms with Gasteiger partial charge in [0.1, 0.15) is 17.2 Å². The summed E-state index contributed by atoms with van der Waals surface area (Å²) in [5, 5.41) is 2.52. The maximum atomic E-state index is 13.6. The van der Waals surface area contributed by atoms with Gasteiger partial charge in [-0.1, -0.05) is 29.8 Å². The van der Waals surface area contributed by atoms with Crippen LogP contribution in [0, 0.1) is 17.6 Å². The van der Waals surface area contributed by atoms with Crippen LogP contribution in [-0.2, 0) is 0 Å². The summed E-state index contributed by atoms with van der Waals surface area (Å²) in [6, 6.07) is 1.77. The number of benzene rings is 1. The molecule has 18 heavy (non-hydrogen) atoms. The number of carbonyl (C=O) groups is 1. The van der Waals surface area contributed by atoms with Gasteiger partial charge in [0, 0.05) is 17.1 Å². The molecule has 0 aromatic heterocycles. The third kappa shape index (κ3) is 3.49. The van der Waals surface area contributed by atoms with Crippen LogP contribution in [0.3, 0.4) is 0 Å². The maximum absolute atomic E-state index is 13.6. The zero-order chi connectivity index (χ0) is 13.9. The molecule has 1 aromatic rings. The third-order valence-electron chi connectivity index (χ3n) is 2.61. The fourth-order valence-corrected chi connectivity index (χ4v) is 1.90. The Kier molecular flexibility index (Phi) is 5.22. The van der Waals surface area contributed by atoms with E-state index in [-0.39, 0.29) is 23.0 Å². The molecule has 3 N–H and O–H groups in total. The average Bonchev–Trinajstić information content (AvgIpc) is 2.23. The molecule has 0 heterocycles. The van der Waals surface area contributed by atoms with Crippen LogP contribution < -0.4 is 11.1 Å². The lowest BCUT2D eigenvalue weighted by molar-refractivity contribution is 0.0919. The van der Waals surface area contributed by atoms with Gasteiger partial charge in [0.05, 0.1) is 0 Å². The monoisotopic (exact) mass is 320 g/mol. The van der Waals surface area contributed by atoms with Crippen molar-refractivity contribution < 1.29 is 13.6 Å². The zero-order valence-corrected chi connectivity index (χ0v) is 11.7. The molecule has 0 bridgehead atoms. The second-order valence-electron chi connectivity index (χ2n) is 4.30. The minimum absolute atomic E-state index is 0.0838. The number of rotatable bonds is 4. The van der Waals surface area contributed by atoms with Crippen LogP contribution in [0.2, 0.25) is 0 Å². The summed E-state index contributed by atoms with van der Waals surface area (Å²) in [6.45, 7) is 3.95. The smallest absolute Gasteiger partial charge is 0.257 e. The Hall–Kier alpha value is -1.01. The zero-order valence-electron chi connectivity index (χ0n) is 10.1. The molecule has 0 aliphatic rings. The van der Waals surface area contributed by atoms with E-state index in [0.717, 1.165) is 12.1 Å². The Morgan fingerprint density at radius 3 is 2.28 bits per heavy atom. The van der Waals surface area contributed by atoms with Crippen LogP contribution in [-0.4, -0.2) is 18.5 Å². The van der Waals surface area contributed by atoms with Crippen molar-refractivity contribution in [3.05, 3.63) is 33.8 Å². The standard InChI is InChI=1S/C12H15BrF2N2O/c1-6(2)10(5-16)17-12(18)11-8(14)3-7(13)4-9(11)15/h3-4,6,10H,5,16H2,1-2H3,(H,17,18). The quantitative estimate of drug-likeness (QED) is 0.895. The first-order chi connectivity index (χ1) is 8.36. The SMILES string of the molecule is CC(C)C(CN)NC(=O)c1c(F)cc(Br)cc1F. The summed E-state index contributed by atoms with van der Waals surface area (Å²) in [6.07, 6.45) is 0. The van der Waals surface area contributed by atoms with E-state index in [1.54, 1.807) is 0 Å². The topological polar surface area (TPSA) is 55.1 Å². The van der Waals surface area contributed by atoms with Crippen LogP contribution in [0.1, 0.15) is 24.2 Å². The van der Waals surface area contributed by atoms with Crippen molar-refractivity contribution in [1.82, 2.24) is 5.32 Å². The molecule has 1 rings (SSSR count). The number of carbonyl (C=O) groups excluding carboxylic acids is 1. The van der Waals surface area contributed by atoms with Gasteiger partial charge in [-0.3, -0.25) is 4.79 Å². The van der Waals surface area contributed by atoms with E-state index in [1.807, 2.05) is 13.8 Å². The molecule has 0 saturated heterocycles. The van der Waals surface area contributed by atoms with Crippen LogP contribution in [0.5, 0.6) is 0 Å². The van der Waals surface area contributed by atoms with E-state index >= 15 is 0 Å². The molecule has 0 aliphatic carbocycles. The summed E-state index contributed by atoms with van der Waals surface area (Å²) in [5.41, 5.74) is 4.90. The number of halogens is 3. The molecule has 0 spiro atoms. The molecule has 0 fully saturated rings. The largest absolute Gasteiger partial charge is 0.348 e. The van der Waals surface area contributed by atoms with Crippen molar-refractivity contribution in [3.8, 4) is 0 Å². The number of nitrogens with one attached hydrogen (secondary N) is 1. The van der Waals surface area contributed by atoms with Crippen LogP contribution in [0.4, 0.5) is 8.78 Å². The van der Waals surface area contributed by atoms with Crippen LogP contribution in [0.15, 0.2) is 16.6 Å². The Morgan fingerprint density at radius 2 is 1.89 bits per heavy atom. The van der Waals surface area contributed by atoms with Gasteiger partial charge in [-0.2, -0.15) is 0 Å². The number of hydrogen-bond acceptors (Lipinski definition) is 2. The lowest BCUT2D eigenvalue weighted by Gasteiger charge is -2.20. The normalized spacial score (nSPS) is 12.6. The number of amides is 1. The molecular formula is C12H15BrF2N2O. The maximum Gasteiger partial charge on any atom is 0.257 e. The lowest BCUT2D eigenvalue weighted by atomic mass is 10.0. The molecular weight excluding hydrogens is 306 g/mol. The Bertz CT molecular complexity index is 429. The van der Waals surface area contributed by atoms with Gasteiger partial charge < -0.3 is 11.1 Å². The van der Waals surface area contributed by atoms with Crippen molar-refractivity contribution in [3.63, 3.8) is 0 Å². The predicted molar refractivity (Wildman–Crippen MR) is 69.2 cm³/mol. The van der Waals surface area contributed by atoms with Crippen molar-refractivity contribution in [1.29, 1.82) is 0 Å². The summed E-state index contributed by atoms with van der Waals surface area (Å²) in [4.78, 5) is 11.8. The summed E-state index contributed by atoms with van der Waals surface area (Å²) in [7, 11) is 0. The van der Waals surface area contributed by atoms with E-state index in [4.69, 9.17) is 5.73 Å². The molecule has 0 radical (unpaired) electrons. The molecule has 1 amide bonds. The molecule has 3 nitrogen and oxygen atoms in total. The Morgan fingerprint density at radius 1 is 1.39 bits per heavy atom. The fraction of sp³-hybridized carbons (Fsp3) is 0.417. The van der Waals surface area contributed by atoms with E-state index < -0.39 is 23.1 Å². The lowest BCUT2D eigenvalue weighted by Crippen LogP contribution is -2.44. The second-order valence-corrected chi connectivity index (χ2v) is 5.22. The minimum Gasteiger partial charge on any atom is -0.348 e. The van der Waals surface area contributed by atoms with E-state index in [2.05, 4.69) is 21.2 Å². The molecule has 0 saturated carbocycles. The van der Waals surface area contributed by atoms with Crippen molar-refractivity contribution in [2.24, 2.45) is 11.7 Å². The van der Waals surface area contributed by atoms with E-state index in [9.17, 15) is 13.6 Å². The molecule has 0 aliphatic heterocycles. The highest BCUT2D eigenvalue weighted by Gasteiger charge is 2.22. The highest BCUT2D eigenvalue weighted by molar-refractivity contribution is 9.10. The number of nitrogens with two attached hydrogens (primary N) is 1. The summed E-state index contributed by atoms with van der Waals surface area (Å²) in [5.74, 6) is -2.51. The Labute approximate surface area is 113 Å².